The number of halogens is 3. The van der Waals surface area contributed by atoms with Gasteiger partial charge in [-0.1, -0.05) is 30.3 Å². The molecule has 2 aromatic rings. The predicted molar refractivity (Wildman–Crippen MR) is 61.9 cm³/mol. The number of alkyl halides is 3. The van der Waals surface area contributed by atoms with Crippen molar-refractivity contribution in [2.45, 2.75) is 12.7 Å². The molecule has 0 amide bonds. The van der Waals surface area contributed by atoms with E-state index in [0.717, 1.165) is 0 Å². The molecule has 100 valence electrons. The Labute approximate surface area is 105 Å². The van der Waals surface area contributed by atoms with E-state index in [-0.39, 0.29) is 6.54 Å². The van der Waals surface area contributed by atoms with Crippen LogP contribution in [0.5, 0.6) is 0 Å². The van der Waals surface area contributed by atoms with Gasteiger partial charge in [0.15, 0.2) is 0 Å². The quantitative estimate of drug-likeness (QED) is 0.901. The van der Waals surface area contributed by atoms with Gasteiger partial charge in [0.1, 0.15) is 5.69 Å². The van der Waals surface area contributed by atoms with E-state index in [1.165, 1.54) is 0 Å². The number of H-pyrrole nitrogens is 1. The van der Waals surface area contributed by atoms with Crippen molar-refractivity contribution >= 4 is 0 Å². The lowest BCUT2D eigenvalue weighted by Gasteiger charge is -2.14. The maximum Gasteiger partial charge on any atom is 0.431 e. The van der Waals surface area contributed by atoms with Gasteiger partial charge in [-0.2, -0.15) is 13.2 Å². The Morgan fingerprint density at radius 3 is 2.32 bits per heavy atom. The number of nitrogens with one attached hydrogen (secondary N) is 1. The van der Waals surface area contributed by atoms with Crippen LogP contribution in [0, 0.1) is 0 Å². The fraction of sp³-hybridized carbons (Fsp3) is 0.167. The maximum atomic E-state index is 12.8. The molecule has 0 fully saturated rings. The molecule has 0 saturated heterocycles. The highest BCUT2D eigenvalue weighted by Crippen LogP contribution is 2.27. The normalized spacial score (nSPS) is 11.5. The molecule has 0 saturated carbocycles. The highest BCUT2D eigenvalue weighted by molar-refractivity contribution is 5.17. The molecule has 0 unspecified atom stereocenters. The fourth-order valence-electron chi connectivity index (χ4n) is 1.68. The zero-order valence-corrected chi connectivity index (χ0v) is 9.57. The summed E-state index contributed by atoms with van der Waals surface area (Å²) in [5, 5.41) is 0. The monoisotopic (exact) mass is 270 g/mol. The lowest BCUT2D eigenvalue weighted by Crippen LogP contribution is -2.35. The van der Waals surface area contributed by atoms with Gasteiger partial charge in [-0.3, -0.25) is 14.3 Å². The first-order valence-electron chi connectivity index (χ1n) is 5.33. The van der Waals surface area contributed by atoms with Gasteiger partial charge in [-0.15, -0.1) is 0 Å². The summed E-state index contributed by atoms with van der Waals surface area (Å²) in [7, 11) is 0. The Morgan fingerprint density at radius 1 is 1.11 bits per heavy atom. The SMILES string of the molecule is O=c1cc(C(F)(F)F)n(Cc2ccccc2)c(=O)[nH]1. The van der Waals surface area contributed by atoms with Crippen molar-refractivity contribution < 1.29 is 13.2 Å². The third kappa shape index (κ3) is 2.93. The molecule has 7 heteroatoms. The molecular formula is C12H9F3N2O2. The zero-order valence-electron chi connectivity index (χ0n) is 9.57. The highest BCUT2D eigenvalue weighted by Gasteiger charge is 2.35. The van der Waals surface area contributed by atoms with Crippen LogP contribution < -0.4 is 11.2 Å². The van der Waals surface area contributed by atoms with Gasteiger partial charge >= 0.3 is 11.9 Å². The average Bonchev–Trinajstić information content (AvgIpc) is 2.32. The number of benzene rings is 1. The lowest BCUT2D eigenvalue weighted by molar-refractivity contribution is -0.144. The number of hydrogen-bond acceptors (Lipinski definition) is 2. The first-order chi connectivity index (χ1) is 8.88. The van der Waals surface area contributed by atoms with Crippen LogP contribution >= 0.6 is 0 Å². The minimum Gasteiger partial charge on any atom is -0.285 e. The number of rotatable bonds is 2. The summed E-state index contributed by atoms with van der Waals surface area (Å²) < 4.78 is 38.9. The molecule has 19 heavy (non-hydrogen) atoms. The minimum atomic E-state index is -4.76. The van der Waals surface area contributed by atoms with Crippen molar-refractivity contribution in [1.29, 1.82) is 0 Å². The van der Waals surface area contributed by atoms with Crippen molar-refractivity contribution in [1.82, 2.24) is 9.55 Å². The molecule has 1 aromatic carbocycles. The van der Waals surface area contributed by atoms with Crippen molar-refractivity contribution in [2.75, 3.05) is 0 Å². The zero-order chi connectivity index (χ0) is 14.0. The second-order valence-electron chi connectivity index (χ2n) is 3.89. The summed E-state index contributed by atoms with van der Waals surface area (Å²) in [5.74, 6) is 0. The van der Waals surface area contributed by atoms with Gasteiger partial charge in [-0.05, 0) is 5.56 Å². The van der Waals surface area contributed by atoms with Crippen LogP contribution in [0.15, 0.2) is 46.0 Å². The van der Waals surface area contributed by atoms with E-state index in [2.05, 4.69) is 0 Å². The summed E-state index contributed by atoms with van der Waals surface area (Å²) in [6, 6.07) is 8.59. The fourth-order valence-corrected chi connectivity index (χ4v) is 1.68. The van der Waals surface area contributed by atoms with E-state index >= 15 is 0 Å². The Bertz CT molecular complexity index is 687. The van der Waals surface area contributed by atoms with Crippen LogP contribution in [0.25, 0.3) is 0 Å². The standard InChI is InChI=1S/C12H9F3N2O2/c13-12(14,15)9-6-10(18)16-11(19)17(9)7-8-4-2-1-3-5-8/h1-6H,7H2,(H,16,18,19). The molecule has 0 aliphatic heterocycles. The van der Waals surface area contributed by atoms with Gasteiger partial charge in [0.2, 0.25) is 0 Å². The summed E-state index contributed by atoms with van der Waals surface area (Å²) in [6.07, 6.45) is -4.76. The predicted octanol–water partition coefficient (Wildman–Crippen LogP) is 1.60. The molecule has 0 aliphatic rings. The second-order valence-corrected chi connectivity index (χ2v) is 3.89. The minimum absolute atomic E-state index is 0.259. The van der Waals surface area contributed by atoms with E-state index in [4.69, 9.17) is 0 Å². The molecule has 2 rings (SSSR count). The third-order valence-corrected chi connectivity index (χ3v) is 2.51. The van der Waals surface area contributed by atoms with E-state index in [9.17, 15) is 22.8 Å². The van der Waals surface area contributed by atoms with Crippen LogP contribution in [0.3, 0.4) is 0 Å². The lowest BCUT2D eigenvalue weighted by atomic mass is 10.2. The molecule has 4 nitrogen and oxygen atoms in total. The molecule has 0 atom stereocenters. The van der Waals surface area contributed by atoms with Crippen LogP contribution in [0.4, 0.5) is 13.2 Å². The van der Waals surface area contributed by atoms with Gasteiger partial charge in [-0.25, -0.2) is 4.79 Å². The van der Waals surface area contributed by atoms with Crippen LogP contribution in [0.2, 0.25) is 0 Å². The van der Waals surface area contributed by atoms with Gasteiger partial charge < -0.3 is 0 Å². The van der Waals surface area contributed by atoms with E-state index in [1.807, 2.05) is 4.98 Å². The highest BCUT2D eigenvalue weighted by atomic mass is 19.4. The smallest absolute Gasteiger partial charge is 0.285 e. The Hall–Kier alpha value is -2.31. The molecule has 1 heterocycles. The molecule has 0 bridgehead atoms. The van der Waals surface area contributed by atoms with Crippen molar-refractivity contribution in [3.05, 3.63) is 68.5 Å². The van der Waals surface area contributed by atoms with Gasteiger partial charge in [0.25, 0.3) is 5.56 Å². The van der Waals surface area contributed by atoms with Crippen LogP contribution in [0.1, 0.15) is 11.3 Å². The van der Waals surface area contributed by atoms with Gasteiger partial charge in [0, 0.05) is 6.07 Å². The Balaban J connectivity index is 2.57. The summed E-state index contributed by atoms with van der Waals surface area (Å²) in [6.45, 7) is -0.259. The molecule has 1 N–H and O–H groups in total. The number of hydrogen-bond donors (Lipinski definition) is 1. The number of nitrogens with zero attached hydrogens (tertiary/aromatic N) is 1. The molecule has 0 spiro atoms. The first kappa shape index (κ1) is 13.1. The van der Waals surface area contributed by atoms with E-state index in [1.54, 1.807) is 30.3 Å². The topological polar surface area (TPSA) is 54.9 Å². The van der Waals surface area contributed by atoms with E-state index < -0.39 is 23.1 Å². The second kappa shape index (κ2) is 4.75. The van der Waals surface area contributed by atoms with Crippen LogP contribution in [-0.4, -0.2) is 9.55 Å². The Kier molecular flexibility index (Phi) is 3.28. The van der Waals surface area contributed by atoms with Crippen molar-refractivity contribution in [3.63, 3.8) is 0 Å². The van der Waals surface area contributed by atoms with Crippen LogP contribution in [-0.2, 0) is 12.7 Å². The van der Waals surface area contributed by atoms with Crippen molar-refractivity contribution in [3.8, 4) is 0 Å². The molecule has 0 radical (unpaired) electrons. The first-order valence-corrected chi connectivity index (χ1v) is 5.33. The van der Waals surface area contributed by atoms with Gasteiger partial charge in [0.05, 0.1) is 6.54 Å². The van der Waals surface area contributed by atoms with E-state index in [0.29, 0.717) is 16.2 Å². The summed E-state index contributed by atoms with van der Waals surface area (Å²) >= 11 is 0. The average molecular weight is 270 g/mol. The molecular weight excluding hydrogens is 261 g/mol. The summed E-state index contributed by atoms with van der Waals surface area (Å²) in [5.41, 5.74) is -2.88. The molecule has 1 aromatic heterocycles. The number of aromatic amines is 1. The maximum absolute atomic E-state index is 12.8. The number of aromatic nitrogens is 2. The summed E-state index contributed by atoms with van der Waals surface area (Å²) in [4.78, 5) is 24.3. The Morgan fingerprint density at radius 2 is 1.74 bits per heavy atom. The third-order valence-electron chi connectivity index (χ3n) is 2.51. The van der Waals surface area contributed by atoms with Crippen molar-refractivity contribution in [2.24, 2.45) is 0 Å². The molecule has 0 aliphatic carbocycles. The largest absolute Gasteiger partial charge is 0.431 e.